The lowest BCUT2D eigenvalue weighted by Gasteiger charge is -2.21. The topological polar surface area (TPSA) is 55.1 Å². The standard InChI is InChI=1S/C14H18N4O/c1-18-10-4-2-3-5-12(18)14-16-13(17-19-14)11-6-8-15-9-7-11/h6-9,12H,2-5,10H2,1H3. The lowest BCUT2D eigenvalue weighted by molar-refractivity contribution is 0.198. The van der Waals surface area contributed by atoms with Gasteiger partial charge < -0.3 is 4.52 Å². The van der Waals surface area contributed by atoms with Crippen LogP contribution in [0.1, 0.15) is 37.6 Å². The summed E-state index contributed by atoms with van der Waals surface area (Å²) in [6, 6.07) is 4.04. The molecule has 0 radical (unpaired) electrons. The maximum absolute atomic E-state index is 5.46. The normalized spacial score (nSPS) is 21.2. The Labute approximate surface area is 112 Å². The second-order valence-electron chi connectivity index (χ2n) is 5.04. The third kappa shape index (κ3) is 2.66. The van der Waals surface area contributed by atoms with Crippen molar-refractivity contribution in [1.82, 2.24) is 20.0 Å². The monoisotopic (exact) mass is 258 g/mol. The molecule has 19 heavy (non-hydrogen) atoms. The molecule has 1 aliphatic rings. The van der Waals surface area contributed by atoms with Crippen molar-refractivity contribution in [3.8, 4) is 11.4 Å². The molecular weight excluding hydrogens is 240 g/mol. The Morgan fingerprint density at radius 1 is 1.21 bits per heavy atom. The number of hydrogen-bond donors (Lipinski definition) is 0. The molecule has 5 nitrogen and oxygen atoms in total. The molecule has 1 unspecified atom stereocenters. The molecule has 5 heteroatoms. The number of rotatable bonds is 2. The number of pyridine rings is 1. The molecule has 3 heterocycles. The Hall–Kier alpha value is -1.75. The second-order valence-corrected chi connectivity index (χ2v) is 5.04. The average molecular weight is 258 g/mol. The van der Waals surface area contributed by atoms with E-state index in [1.54, 1.807) is 12.4 Å². The van der Waals surface area contributed by atoms with Gasteiger partial charge in [-0.3, -0.25) is 9.88 Å². The molecule has 0 bridgehead atoms. The van der Waals surface area contributed by atoms with Crippen molar-refractivity contribution in [2.24, 2.45) is 0 Å². The van der Waals surface area contributed by atoms with Crippen molar-refractivity contribution in [3.63, 3.8) is 0 Å². The van der Waals surface area contributed by atoms with Crippen LogP contribution in [0.5, 0.6) is 0 Å². The molecule has 0 aromatic carbocycles. The molecule has 1 fully saturated rings. The van der Waals surface area contributed by atoms with Crippen LogP contribution in [0.2, 0.25) is 0 Å². The highest BCUT2D eigenvalue weighted by Gasteiger charge is 2.25. The zero-order valence-electron chi connectivity index (χ0n) is 11.1. The van der Waals surface area contributed by atoms with Crippen molar-refractivity contribution in [3.05, 3.63) is 30.4 Å². The van der Waals surface area contributed by atoms with E-state index in [4.69, 9.17) is 4.52 Å². The fraction of sp³-hybridized carbons (Fsp3) is 0.500. The van der Waals surface area contributed by atoms with Crippen LogP contribution in [0.15, 0.2) is 29.0 Å². The van der Waals surface area contributed by atoms with E-state index in [0.717, 1.165) is 24.4 Å². The minimum atomic E-state index is 0.255. The molecule has 2 aromatic rings. The van der Waals surface area contributed by atoms with Gasteiger partial charge in [0.05, 0.1) is 6.04 Å². The van der Waals surface area contributed by atoms with Crippen LogP contribution in [0.4, 0.5) is 0 Å². The molecule has 100 valence electrons. The summed E-state index contributed by atoms with van der Waals surface area (Å²) in [6.45, 7) is 1.09. The summed E-state index contributed by atoms with van der Waals surface area (Å²) in [4.78, 5) is 10.9. The average Bonchev–Trinajstić information content (AvgIpc) is 2.83. The van der Waals surface area contributed by atoms with Gasteiger partial charge in [0.25, 0.3) is 0 Å². The lowest BCUT2D eigenvalue weighted by atomic mass is 10.1. The van der Waals surface area contributed by atoms with E-state index in [1.165, 1.54) is 19.3 Å². The fourth-order valence-corrected chi connectivity index (χ4v) is 2.55. The highest BCUT2D eigenvalue weighted by molar-refractivity contribution is 5.52. The van der Waals surface area contributed by atoms with Crippen LogP contribution < -0.4 is 0 Å². The van der Waals surface area contributed by atoms with Crippen LogP contribution in [0.3, 0.4) is 0 Å². The zero-order valence-corrected chi connectivity index (χ0v) is 11.1. The lowest BCUT2D eigenvalue weighted by Crippen LogP contribution is -2.24. The Kier molecular flexibility index (Phi) is 3.55. The van der Waals surface area contributed by atoms with Gasteiger partial charge >= 0.3 is 0 Å². The van der Waals surface area contributed by atoms with Gasteiger partial charge in [-0.05, 0) is 38.6 Å². The van der Waals surface area contributed by atoms with Crippen molar-refractivity contribution in [1.29, 1.82) is 0 Å². The highest BCUT2D eigenvalue weighted by Crippen LogP contribution is 2.28. The predicted octanol–water partition coefficient (Wildman–Crippen LogP) is 2.68. The van der Waals surface area contributed by atoms with Gasteiger partial charge in [0, 0.05) is 18.0 Å². The van der Waals surface area contributed by atoms with Crippen LogP contribution in [-0.2, 0) is 0 Å². The maximum Gasteiger partial charge on any atom is 0.244 e. The zero-order chi connectivity index (χ0) is 13.1. The summed E-state index contributed by atoms with van der Waals surface area (Å²) >= 11 is 0. The van der Waals surface area contributed by atoms with E-state index in [-0.39, 0.29) is 6.04 Å². The first kappa shape index (κ1) is 12.3. The van der Waals surface area contributed by atoms with Gasteiger partial charge in [-0.15, -0.1) is 0 Å². The van der Waals surface area contributed by atoms with Gasteiger partial charge in [0.1, 0.15) is 0 Å². The van der Waals surface area contributed by atoms with Crippen molar-refractivity contribution >= 4 is 0 Å². The predicted molar refractivity (Wildman–Crippen MR) is 71.4 cm³/mol. The van der Waals surface area contributed by atoms with E-state index in [1.807, 2.05) is 12.1 Å². The van der Waals surface area contributed by atoms with Crippen LogP contribution in [-0.4, -0.2) is 33.6 Å². The summed E-state index contributed by atoms with van der Waals surface area (Å²) in [7, 11) is 2.13. The Balaban J connectivity index is 1.84. The van der Waals surface area contributed by atoms with Crippen LogP contribution in [0.25, 0.3) is 11.4 Å². The molecular formula is C14H18N4O. The van der Waals surface area contributed by atoms with Gasteiger partial charge in [-0.1, -0.05) is 18.0 Å². The number of hydrogen-bond acceptors (Lipinski definition) is 5. The van der Waals surface area contributed by atoms with Crippen LogP contribution in [0, 0.1) is 0 Å². The molecule has 0 aliphatic carbocycles. The molecule has 0 amide bonds. The smallest absolute Gasteiger partial charge is 0.244 e. The second kappa shape index (κ2) is 5.48. The van der Waals surface area contributed by atoms with Crippen molar-refractivity contribution in [2.75, 3.05) is 13.6 Å². The maximum atomic E-state index is 5.46. The SMILES string of the molecule is CN1CCCCCC1c1nc(-c2ccncc2)no1. The fourth-order valence-electron chi connectivity index (χ4n) is 2.55. The van der Waals surface area contributed by atoms with Gasteiger partial charge in [0.15, 0.2) is 0 Å². The Morgan fingerprint density at radius 2 is 2.05 bits per heavy atom. The molecule has 1 saturated heterocycles. The first-order chi connectivity index (χ1) is 9.34. The summed E-state index contributed by atoms with van der Waals surface area (Å²) in [5.74, 6) is 1.38. The third-order valence-electron chi connectivity index (χ3n) is 3.69. The summed E-state index contributed by atoms with van der Waals surface area (Å²) in [6.07, 6.45) is 8.33. The van der Waals surface area contributed by atoms with Gasteiger partial charge in [0.2, 0.25) is 11.7 Å². The number of likely N-dealkylation sites (tertiary alicyclic amines) is 1. The summed E-state index contributed by atoms with van der Waals surface area (Å²) in [5.41, 5.74) is 0.946. The first-order valence-electron chi connectivity index (χ1n) is 6.79. The largest absolute Gasteiger partial charge is 0.337 e. The van der Waals surface area contributed by atoms with Crippen LogP contribution >= 0.6 is 0 Å². The van der Waals surface area contributed by atoms with Gasteiger partial charge in [-0.2, -0.15) is 4.98 Å². The van der Waals surface area contributed by atoms with Crippen molar-refractivity contribution in [2.45, 2.75) is 31.7 Å². The number of aromatic nitrogens is 3. The minimum absolute atomic E-state index is 0.255. The molecule has 0 N–H and O–H groups in total. The molecule has 1 atom stereocenters. The minimum Gasteiger partial charge on any atom is -0.337 e. The first-order valence-corrected chi connectivity index (χ1v) is 6.79. The summed E-state index contributed by atoms with van der Waals surface area (Å²) < 4.78 is 5.46. The van der Waals surface area contributed by atoms with Crippen molar-refractivity contribution < 1.29 is 4.52 Å². The van der Waals surface area contributed by atoms with E-state index >= 15 is 0 Å². The molecule has 0 spiro atoms. The third-order valence-corrected chi connectivity index (χ3v) is 3.69. The Bertz CT molecular complexity index is 525. The van der Waals surface area contributed by atoms with Gasteiger partial charge in [-0.25, -0.2) is 0 Å². The van der Waals surface area contributed by atoms with E-state index in [2.05, 4.69) is 27.1 Å². The van der Waals surface area contributed by atoms with E-state index in [9.17, 15) is 0 Å². The molecule has 0 saturated carbocycles. The Morgan fingerprint density at radius 3 is 2.89 bits per heavy atom. The van der Waals surface area contributed by atoms with E-state index in [0.29, 0.717) is 5.82 Å². The quantitative estimate of drug-likeness (QED) is 0.829. The van der Waals surface area contributed by atoms with E-state index < -0.39 is 0 Å². The molecule has 2 aromatic heterocycles. The number of nitrogens with zero attached hydrogens (tertiary/aromatic N) is 4. The highest BCUT2D eigenvalue weighted by atomic mass is 16.5. The summed E-state index contributed by atoms with van der Waals surface area (Å²) in [5, 5.41) is 4.09. The molecule has 1 aliphatic heterocycles. The molecule has 3 rings (SSSR count).